The second-order valence-electron chi connectivity index (χ2n) is 8.82. The van der Waals surface area contributed by atoms with E-state index in [0.717, 1.165) is 12.1 Å². The van der Waals surface area contributed by atoms with Crippen LogP contribution in [0, 0.1) is 5.92 Å². The molecule has 2 aromatic rings. The van der Waals surface area contributed by atoms with Crippen LogP contribution in [0.25, 0.3) is 0 Å². The van der Waals surface area contributed by atoms with Gasteiger partial charge in [-0.15, -0.1) is 0 Å². The molecule has 0 saturated carbocycles. The molecule has 2 aromatic carbocycles. The Morgan fingerprint density at radius 2 is 1.71 bits per heavy atom. The third-order valence-corrected chi connectivity index (χ3v) is 6.21. The van der Waals surface area contributed by atoms with E-state index >= 15 is 0 Å². The van der Waals surface area contributed by atoms with Crippen molar-refractivity contribution < 1.29 is 32.6 Å². The second kappa shape index (κ2) is 10.0. The Morgan fingerprint density at radius 3 is 2.24 bits per heavy atom. The number of carbonyl (C=O) groups is 2. The zero-order chi connectivity index (χ0) is 25.1. The van der Waals surface area contributed by atoms with E-state index in [1.54, 1.807) is 19.1 Å². The van der Waals surface area contributed by atoms with Gasteiger partial charge in [-0.05, 0) is 55.2 Å². The molecule has 0 spiro atoms. The summed E-state index contributed by atoms with van der Waals surface area (Å²) in [4.78, 5) is 25.9. The lowest BCUT2D eigenvalue weighted by Crippen LogP contribution is -2.50. The lowest BCUT2D eigenvalue weighted by molar-refractivity contribution is -0.137. The molecule has 1 heterocycles. The maximum atomic E-state index is 13.5. The van der Waals surface area contributed by atoms with Crippen LogP contribution >= 0.6 is 0 Å². The molecule has 9 heteroatoms. The van der Waals surface area contributed by atoms with E-state index in [1.807, 2.05) is 13.8 Å². The number of alkyl halides is 3. The van der Waals surface area contributed by atoms with Crippen molar-refractivity contribution in [2.24, 2.45) is 5.92 Å². The summed E-state index contributed by atoms with van der Waals surface area (Å²) in [6.07, 6.45) is -3.52. The number of urea groups is 1. The minimum Gasteiger partial charge on any atom is -0.457 e. The Kier molecular flexibility index (Phi) is 7.55. The summed E-state index contributed by atoms with van der Waals surface area (Å²) >= 11 is 0. The Bertz CT molecular complexity index is 1030. The summed E-state index contributed by atoms with van der Waals surface area (Å²) in [7, 11) is 0. The molecule has 0 aliphatic carbocycles. The molecule has 6 nitrogen and oxygen atoms in total. The molecule has 1 fully saturated rings. The van der Waals surface area contributed by atoms with Crippen molar-refractivity contribution in [3.8, 4) is 11.5 Å². The molecule has 2 amide bonds. The number of hydrogen-bond acceptors (Lipinski definition) is 4. The normalized spacial score (nSPS) is 15.8. The highest BCUT2D eigenvalue weighted by Gasteiger charge is 2.37. The van der Waals surface area contributed by atoms with Crippen LogP contribution in [0.1, 0.15) is 56.0 Å². The molecule has 34 heavy (non-hydrogen) atoms. The Labute approximate surface area is 196 Å². The number of likely N-dealkylation sites (tertiary alicyclic amines) is 1. The average Bonchev–Trinajstić information content (AvgIpc) is 2.78. The van der Waals surface area contributed by atoms with Crippen molar-refractivity contribution in [2.75, 3.05) is 18.4 Å². The minimum absolute atomic E-state index is 0.0371. The van der Waals surface area contributed by atoms with Gasteiger partial charge < -0.3 is 20.1 Å². The molecule has 0 radical (unpaired) electrons. The minimum atomic E-state index is -4.64. The predicted molar refractivity (Wildman–Crippen MR) is 122 cm³/mol. The highest BCUT2D eigenvalue weighted by Crippen LogP contribution is 2.36. The fourth-order valence-corrected chi connectivity index (χ4v) is 3.82. The van der Waals surface area contributed by atoms with Gasteiger partial charge in [0.2, 0.25) is 0 Å². The molecule has 0 unspecified atom stereocenters. The van der Waals surface area contributed by atoms with Gasteiger partial charge in [-0.1, -0.05) is 20.8 Å². The molecular weight excluding hydrogens is 449 g/mol. The summed E-state index contributed by atoms with van der Waals surface area (Å²) in [6, 6.07) is 8.58. The van der Waals surface area contributed by atoms with Crippen molar-refractivity contribution in [1.29, 1.82) is 0 Å². The molecule has 1 saturated heterocycles. The molecule has 0 atom stereocenters. The van der Waals surface area contributed by atoms with E-state index in [4.69, 9.17) is 4.74 Å². The van der Waals surface area contributed by atoms with Gasteiger partial charge in [0, 0.05) is 36.8 Å². The Balaban J connectivity index is 1.77. The topological polar surface area (TPSA) is 78.9 Å². The summed E-state index contributed by atoms with van der Waals surface area (Å²) in [6.45, 7) is 6.15. The lowest BCUT2D eigenvalue weighted by Gasteiger charge is -2.40. The number of hydrogen-bond donors (Lipinski definition) is 2. The first kappa shape index (κ1) is 25.6. The van der Waals surface area contributed by atoms with Crippen molar-refractivity contribution in [1.82, 2.24) is 4.90 Å². The zero-order valence-corrected chi connectivity index (χ0v) is 19.4. The number of amides is 2. The van der Waals surface area contributed by atoms with Gasteiger partial charge >= 0.3 is 12.2 Å². The van der Waals surface area contributed by atoms with Crippen LogP contribution in [0.3, 0.4) is 0 Å². The molecule has 3 rings (SSSR count). The number of halogens is 3. The number of ether oxygens (including phenoxy) is 1. The smallest absolute Gasteiger partial charge is 0.416 e. The number of piperidine rings is 1. The van der Waals surface area contributed by atoms with Crippen LogP contribution in [0.4, 0.5) is 23.7 Å². The van der Waals surface area contributed by atoms with Crippen molar-refractivity contribution >= 4 is 17.5 Å². The fraction of sp³-hybridized carbons (Fsp3) is 0.440. The number of carbonyl (C=O) groups excluding carboxylic acids is 2. The van der Waals surface area contributed by atoms with Gasteiger partial charge in [-0.3, -0.25) is 4.79 Å². The van der Waals surface area contributed by atoms with Crippen LogP contribution in [-0.2, 0) is 6.18 Å². The third kappa shape index (κ3) is 6.08. The Hall–Kier alpha value is -3.07. The fourth-order valence-electron chi connectivity index (χ4n) is 3.82. The molecule has 0 bridgehead atoms. The number of aliphatic hydroxyl groups is 1. The average molecular weight is 479 g/mol. The lowest BCUT2D eigenvalue weighted by atomic mass is 9.82. The van der Waals surface area contributed by atoms with E-state index in [1.165, 1.54) is 23.1 Å². The molecule has 2 N–H and O–H groups in total. The number of benzene rings is 2. The van der Waals surface area contributed by atoms with Crippen molar-refractivity contribution in [2.45, 2.75) is 51.8 Å². The van der Waals surface area contributed by atoms with Crippen molar-refractivity contribution in [3.05, 3.63) is 53.6 Å². The van der Waals surface area contributed by atoms with Crippen molar-refractivity contribution in [3.63, 3.8) is 0 Å². The van der Waals surface area contributed by atoms with E-state index in [9.17, 15) is 27.9 Å². The maximum absolute atomic E-state index is 13.5. The summed E-state index contributed by atoms with van der Waals surface area (Å²) in [5.74, 6) is 0.135. The number of Topliss-reactive ketones (excluding diaryl/α,β-unsaturated/α-hetero) is 1. The number of rotatable bonds is 6. The van der Waals surface area contributed by atoms with Crippen LogP contribution in [0.15, 0.2) is 42.5 Å². The second-order valence-corrected chi connectivity index (χ2v) is 8.82. The van der Waals surface area contributed by atoms with Crippen LogP contribution < -0.4 is 10.1 Å². The van der Waals surface area contributed by atoms with Crippen LogP contribution in [0.2, 0.25) is 0 Å². The first-order valence-corrected chi connectivity index (χ1v) is 11.2. The highest BCUT2D eigenvalue weighted by atomic mass is 19.4. The molecule has 1 aliphatic rings. The zero-order valence-electron chi connectivity index (χ0n) is 19.4. The van der Waals surface area contributed by atoms with Gasteiger partial charge in [0.15, 0.2) is 5.78 Å². The molecule has 184 valence electrons. The summed E-state index contributed by atoms with van der Waals surface area (Å²) in [5.41, 5.74) is -1.40. The quantitative estimate of drug-likeness (QED) is 0.492. The third-order valence-electron chi connectivity index (χ3n) is 6.21. The van der Waals surface area contributed by atoms with Gasteiger partial charge in [0.1, 0.15) is 11.5 Å². The number of nitrogens with zero attached hydrogens (tertiary/aromatic N) is 1. The SMILES string of the molecule is CCC(=O)c1ccc(Oc2cc(NC(=O)N3CCC(O)(C(C)C)CC3)cc(C(F)(F)F)c2)cc1. The van der Waals surface area contributed by atoms with Gasteiger partial charge in [0.05, 0.1) is 11.2 Å². The van der Waals surface area contributed by atoms with E-state index in [-0.39, 0.29) is 28.9 Å². The first-order chi connectivity index (χ1) is 15.9. The van der Waals surface area contributed by atoms with Gasteiger partial charge in [0.25, 0.3) is 0 Å². The summed E-state index contributed by atoms with van der Waals surface area (Å²) in [5, 5.41) is 13.1. The number of ketones is 1. The van der Waals surface area contributed by atoms with E-state index < -0.39 is 23.4 Å². The number of anilines is 1. The van der Waals surface area contributed by atoms with Crippen LogP contribution in [-0.4, -0.2) is 40.5 Å². The predicted octanol–water partition coefficient (Wildman–Crippen LogP) is 6.11. The molecular formula is C25H29F3N2O4. The molecule has 0 aromatic heterocycles. The monoisotopic (exact) mass is 478 g/mol. The molecule has 1 aliphatic heterocycles. The van der Waals surface area contributed by atoms with E-state index in [0.29, 0.717) is 37.9 Å². The highest BCUT2D eigenvalue weighted by molar-refractivity contribution is 5.95. The first-order valence-electron chi connectivity index (χ1n) is 11.2. The van der Waals surface area contributed by atoms with Crippen LogP contribution in [0.5, 0.6) is 11.5 Å². The standard InChI is InChI=1S/C25H29F3N2O4/c1-4-22(31)17-5-7-20(8-6-17)34-21-14-18(25(26,27)28)13-19(15-21)29-23(32)30-11-9-24(33,10-12-30)16(2)3/h5-8,13-16,33H,4,9-12H2,1-3H3,(H,29,32). The van der Waals surface area contributed by atoms with Gasteiger partial charge in [-0.2, -0.15) is 13.2 Å². The summed E-state index contributed by atoms with van der Waals surface area (Å²) < 4.78 is 46.0. The number of nitrogens with one attached hydrogen (secondary N) is 1. The van der Waals surface area contributed by atoms with E-state index in [2.05, 4.69) is 5.32 Å². The maximum Gasteiger partial charge on any atom is 0.416 e. The largest absolute Gasteiger partial charge is 0.457 e. The Morgan fingerprint density at radius 1 is 1.09 bits per heavy atom. The van der Waals surface area contributed by atoms with Gasteiger partial charge in [-0.25, -0.2) is 4.79 Å².